The van der Waals surface area contributed by atoms with Crippen LogP contribution in [0.4, 0.5) is 17.3 Å². The molecule has 20 heavy (non-hydrogen) atoms. The van der Waals surface area contributed by atoms with E-state index in [-0.39, 0.29) is 17.4 Å². The van der Waals surface area contributed by atoms with Crippen molar-refractivity contribution >= 4 is 23.2 Å². The van der Waals surface area contributed by atoms with Gasteiger partial charge in [-0.15, -0.1) is 0 Å². The number of anilines is 2. The molecule has 1 atom stereocenters. The lowest BCUT2D eigenvalue weighted by Gasteiger charge is -2.14. The van der Waals surface area contributed by atoms with Crippen LogP contribution in [0.2, 0.25) is 0 Å². The Hall–Kier alpha value is -2.38. The quantitative estimate of drug-likeness (QED) is 0.514. The first-order chi connectivity index (χ1) is 9.47. The number of hydrogen-bond acceptors (Lipinski definition) is 6. The zero-order valence-electron chi connectivity index (χ0n) is 11.8. The van der Waals surface area contributed by atoms with Gasteiger partial charge in [0.05, 0.1) is 17.1 Å². The SMILES string of the molecule is CCNC(=O)C(C)Nc1cc([N+](=O)[O-])cc(NCC)n1. The van der Waals surface area contributed by atoms with Crippen LogP contribution in [-0.4, -0.2) is 34.9 Å². The summed E-state index contributed by atoms with van der Waals surface area (Å²) in [4.78, 5) is 26.2. The maximum absolute atomic E-state index is 11.6. The van der Waals surface area contributed by atoms with Crippen molar-refractivity contribution in [3.05, 3.63) is 22.2 Å². The first-order valence-electron chi connectivity index (χ1n) is 6.42. The van der Waals surface area contributed by atoms with E-state index in [0.717, 1.165) is 0 Å². The van der Waals surface area contributed by atoms with Gasteiger partial charge in [0.1, 0.15) is 17.7 Å². The number of pyridine rings is 1. The first kappa shape index (κ1) is 15.7. The number of hydrogen-bond donors (Lipinski definition) is 3. The Morgan fingerprint density at radius 2 is 2.00 bits per heavy atom. The fraction of sp³-hybridized carbons (Fsp3) is 0.500. The van der Waals surface area contributed by atoms with Crippen LogP contribution in [0.25, 0.3) is 0 Å². The third-order valence-electron chi connectivity index (χ3n) is 2.49. The van der Waals surface area contributed by atoms with E-state index >= 15 is 0 Å². The van der Waals surface area contributed by atoms with Crippen molar-refractivity contribution in [2.24, 2.45) is 0 Å². The second-order valence-corrected chi connectivity index (χ2v) is 4.14. The minimum atomic E-state index is -0.529. The molecular weight excluding hydrogens is 262 g/mol. The third-order valence-corrected chi connectivity index (χ3v) is 2.49. The standard InChI is InChI=1S/C12H19N5O3/c1-4-13-10-6-9(17(19)20)7-11(16-10)15-8(3)12(18)14-5-2/h6-8H,4-5H2,1-3H3,(H,14,18)(H2,13,15,16). The van der Waals surface area contributed by atoms with Gasteiger partial charge in [-0.25, -0.2) is 4.98 Å². The molecular formula is C12H19N5O3. The third kappa shape index (κ3) is 4.38. The van der Waals surface area contributed by atoms with E-state index in [1.54, 1.807) is 6.92 Å². The van der Waals surface area contributed by atoms with Crippen molar-refractivity contribution in [3.8, 4) is 0 Å². The maximum atomic E-state index is 11.6. The van der Waals surface area contributed by atoms with Crippen LogP contribution < -0.4 is 16.0 Å². The molecule has 0 aliphatic rings. The van der Waals surface area contributed by atoms with Crippen LogP contribution in [0.15, 0.2) is 12.1 Å². The Bertz CT molecular complexity index is 492. The molecule has 0 aliphatic carbocycles. The molecule has 0 aromatic carbocycles. The largest absolute Gasteiger partial charge is 0.370 e. The molecule has 1 amide bonds. The van der Waals surface area contributed by atoms with E-state index in [1.165, 1.54) is 12.1 Å². The van der Waals surface area contributed by atoms with Crippen molar-refractivity contribution in [1.29, 1.82) is 0 Å². The van der Waals surface area contributed by atoms with Gasteiger partial charge in [-0.1, -0.05) is 0 Å². The fourth-order valence-corrected chi connectivity index (χ4v) is 1.58. The van der Waals surface area contributed by atoms with Gasteiger partial charge in [0.2, 0.25) is 5.91 Å². The van der Waals surface area contributed by atoms with Crippen LogP contribution in [0.3, 0.4) is 0 Å². The van der Waals surface area contributed by atoms with Gasteiger partial charge < -0.3 is 16.0 Å². The molecule has 1 aromatic rings. The molecule has 110 valence electrons. The van der Waals surface area contributed by atoms with Crippen molar-refractivity contribution in [2.45, 2.75) is 26.8 Å². The number of nitro groups is 1. The van der Waals surface area contributed by atoms with Gasteiger partial charge in [-0.2, -0.15) is 0 Å². The van der Waals surface area contributed by atoms with Gasteiger partial charge >= 0.3 is 0 Å². The van der Waals surface area contributed by atoms with E-state index < -0.39 is 11.0 Å². The highest BCUT2D eigenvalue weighted by Gasteiger charge is 2.15. The average Bonchev–Trinajstić information content (AvgIpc) is 2.39. The summed E-state index contributed by atoms with van der Waals surface area (Å²) in [6.45, 7) is 6.47. The average molecular weight is 281 g/mol. The summed E-state index contributed by atoms with van der Waals surface area (Å²) in [6, 6.07) is 2.13. The number of carbonyl (C=O) groups excluding carboxylic acids is 1. The molecule has 0 aliphatic heterocycles. The Morgan fingerprint density at radius 3 is 2.55 bits per heavy atom. The van der Waals surface area contributed by atoms with Gasteiger partial charge in [0, 0.05) is 13.1 Å². The first-order valence-corrected chi connectivity index (χ1v) is 6.42. The van der Waals surface area contributed by atoms with E-state index in [4.69, 9.17) is 0 Å². The zero-order chi connectivity index (χ0) is 15.1. The Balaban J connectivity index is 2.93. The topological polar surface area (TPSA) is 109 Å². The number of rotatable bonds is 7. The number of aromatic nitrogens is 1. The molecule has 0 fully saturated rings. The van der Waals surface area contributed by atoms with Gasteiger partial charge in [0.15, 0.2) is 0 Å². The van der Waals surface area contributed by atoms with Crippen LogP contribution >= 0.6 is 0 Å². The summed E-state index contributed by atoms with van der Waals surface area (Å²) in [5.74, 6) is 0.493. The summed E-state index contributed by atoms with van der Waals surface area (Å²) in [7, 11) is 0. The summed E-state index contributed by atoms with van der Waals surface area (Å²) < 4.78 is 0. The molecule has 0 radical (unpaired) electrons. The van der Waals surface area contributed by atoms with Gasteiger partial charge in [-0.05, 0) is 20.8 Å². The Kier molecular flexibility index (Phi) is 5.70. The van der Waals surface area contributed by atoms with Crippen LogP contribution in [0.5, 0.6) is 0 Å². The number of amides is 1. The lowest BCUT2D eigenvalue weighted by atomic mass is 10.3. The van der Waals surface area contributed by atoms with Gasteiger partial charge in [0.25, 0.3) is 5.69 Å². The number of nitrogens with one attached hydrogen (secondary N) is 3. The molecule has 8 nitrogen and oxygen atoms in total. The Labute approximate surface area is 117 Å². The fourth-order valence-electron chi connectivity index (χ4n) is 1.58. The predicted octanol–water partition coefficient (Wildman–Crippen LogP) is 1.36. The van der Waals surface area contributed by atoms with E-state index in [2.05, 4.69) is 20.9 Å². The minimum absolute atomic E-state index is 0.0819. The minimum Gasteiger partial charge on any atom is -0.370 e. The molecule has 1 aromatic heterocycles. The number of likely N-dealkylation sites (N-methyl/N-ethyl adjacent to an activating group) is 1. The highest BCUT2D eigenvalue weighted by molar-refractivity contribution is 5.84. The lowest BCUT2D eigenvalue weighted by molar-refractivity contribution is -0.384. The van der Waals surface area contributed by atoms with Crippen molar-refractivity contribution in [2.75, 3.05) is 23.7 Å². The highest BCUT2D eigenvalue weighted by Crippen LogP contribution is 2.21. The van der Waals surface area contributed by atoms with Crippen molar-refractivity contribution < 1.29 is 9.72 Å². The highest BCUT2D eigenvalue weighted by atomic mass is 16.6. The molecule has 3 N–H and O–H groups in total. The molecule has 0 saturated heterocycles. The summed E-state index contributed by atoms with van der Waals surface area (Å²) in [5, 5.41) is 19.3. The monoisotopic (exact) mass is 281 g/mol. The maximum Gasteiger partial charge on any atom is 0.276 e. The molecule has 0 bridgehead atoms. The molecule has 8 heteroatoms. The molecule has 1 heterocycles. The normalized spacial score (nSPS) is 11.6. The van der Waals surface area contributed by atoms with Crippen molar-refractivity contribution in [1.82, 2.24) is 10.3 Å². The zero-order valence-corrected chi connectivity index (χ0v) is 11.8. The lowest BCUT2D eigenvalue weighted by Crippen LogP contribution is -2.37. The van der Waals surface area contributed by atoms with E-state index in [0.29, 0.717) is 18.9 Å². The summed E-state index contributed by atoms with van der Waals surface area (Å²) in [5.41, 5.74) is -0.0819. The number of carbonyl (C=O) groups is 1. The molecule has 0 saturated carbocycles. The van der Waals surface area contributed by atoms with Crippen LogP contribution in [0, 0.1) is 10.1 Å². The molecule has 1 unspecified atom stereocenters. The van der Waals surface area contributed by atoms with Crippen LogP contribution in [0.1, 0.15) is 20.8 Å². The predicted molar refractivity (Wildman–Crippen MR) is 76.8 cm³/mol. The summed E-state index contributed by atoms with van der Waals surface area (Å²) >= 11 is 0. The van der Waals surface area contributed by atoms with Crippen molar-refractivity contribution in [3.63, 3.8) is 0 Å². The van der Waals surface area contributed by atoms with Gasteiger partial charge in [-0.3, -0.25) is 14.9 Å². The number of nitrogens with zero attached hydrogens (tertiary/aromatic N) is 2. The second kappa shape index (κ2) is 7.27. The van der Waals surface area contributed by atoms with Crippen LogP contribution in [-0.2, 0) is 4.79 Å². The Morgan fingerprint density at radius 1 is 1.35 bits per heavy atom. The smallest absolute Gasteiger partial charge is 0.276 e. The second-order valence-electron chi connectivity index (χ2n) is 4.14. The van der Waals surface area contributed by atoms with E-state index in [9.17, 15) is 14.9 Å². The summed E-state index contributed by atoms with van der Waals surface area (Å²) in [6.07, 6.45) is 0. The molecule has 0 spiro atoms. The molecule has 1 rings (SSSR count). The van der Waals surface area contributed by atoms with E-state index in [1.807, 2.05) is 13.8 Å².